The maximum atomic E-state index is 4.07. The van der Waals surface area contributed by atoms with E-state index in [-0.39, 0.29) is 0 Å². The average Bonchev–Trinajstić information content (AvgIpc) is 2.74. The van der Waals surface area contributed by atoms with Crippen LogP contribution in [0.3, 0.4) is 0 Å². The van der Waals surface area contributed by atoms with Crippen molar-refractivity contribution in [2.24, 2.45) is 0 Å². The Balaban J connectivity index is 1.46. The van der Waals surface area contributed by atoms with E-state index in [0.717, 1.165) is 6.04 Å². The van der Waals surface area contributed by atoms with Crippen LogP contribution in [-0.4, -0.2) is 18.1 Å². The minimum Gasteiger partial charge on any atom is -0.338 e. The third kappa shape index (κ3) is 5.27. The van der Waals surface area contributed by atoms with Gasteiger partial charge in [0.15, 0.2) is 0 Å². The first-order valence-electron chi connectivity index (χ1n) is 12.4. The second-order valence-electron chi connectivity index (χ2n) is 9.66. The maximum absolute atomic E-state index is 4.07. The molecule has 0 aromatic heterocycles. The van der Waals surface area contributed by atoms with Crippen LogP contribution >= 0.6 is 0 Å². The van der Waals surface area contributed by atoms with E-state index in [0.29, 0.717) is 12.1 Å². The van der Waals surface area contributed by atoms with Gasteiger partial charge in [-0.05, 0) is 75.6 Å². The Hall–Kier alpha value is -1.80. The summed E-state index contributed by atoms with van der Waals surface area (Å²) >= 11 is 0. The molecule has 4 rings (SSSR count). The Morgan fingerprint density at radius 1 is 0.600 bits per heavy atom. The van der Waals surface area contributed by atoms with E-state index in [9.17, 15) is 0 Å². The number of anilines is 2. The highest BCUT2D eigenvalue weighted by Crippen LogP contribution is 2.37. The second-order valence-corrected chi connectivity index (χ2v) is 9.66. The number of hydrogen-bond acceptors (Lipinski definition) is 2. The molecule has 2 aromatic rings. The molecule has 0 aliphatic heterocycles. The van der Waals surface area contributed by atoms with Gasteiger partial charge in [0, 0.05) is 29.5 Å². The Kier molecular flexibility index (Phi) is 7.49. The van der Waals surface area contributed by atoms with Gasteiger partial charge in [-0.25, -0.2) is 0 Å². The molecule has 2 saturated carbocycles. The molecule has 0 spiro atoms. The van der Waals surface area contributed by atoms with Gasteiger partial charge in [-0.3, -0.25) is 0 Å². The third-order valence-corrected chi connectivity index (χ3v) is 7.39. The van der Waals surface area contributed by atoms with E-state index >= 15 is 0 Å². The second kappa shape index (κ2) is 10.5. The fourth-order valence-electron chi connectivity index (χ4n) is 5.65. The first-order chi connectivity index (χ1) is 14.7. The quantitative estimate of drug-likeness (QED) is 0.556. The Bertz CT molecular complexity index is 737. The molecule has 0 atom stereocenters. The average molecular weight is 405 g/mol. The largest absolute Gasteiger partial charge is 0.338 e. The van der Waals surface area contributed by atoms with Crippen LogP contribution in [-0.2, 0) is 0 Å². The lowest BCUT2D eigenvalue weighted by Gasteiger charge is -2.41. The monoisotopic (exact) mass is 404 g/mol. The molecule has 0 amide bonds. The minimum atomic E-state index is 0.586. The zero-order chi connectivity index (χ0) is 20.8. The first kappa shape index (κ1) is 21.4. The summed E-state index contributed by atoms with van der Waals surface area (Å²) in [5.41, 5.74) is 5.50. The maximum Gasteiger partial charge on any atom is 0.0443 e. The van der Waals surface area contributed by atoms with Gasteiger partial charge in [-0.1, -0.05) is 68.5 Å². The molecule has 1 N–H and O–H groups in total. The molecule has 0 radical (unpaired) electrons. The molecule has 2 nitrogen and oxygen atoms in total. The summed E-state index contributed by atoms with van der Waals surface area (Å²) in [7, 11) is 0. The van der Waals surface area contributed by atoms with Crippen LogP contribution in [0.4, 0.5) is 11.4 Å². The Morgan fingerprint density at radius 3 is 1.60 bits per heavy atom. The smallest absolute Gasteiger partial charge is 0.0443 e. The topological polar surface area (TPSA) is 15.3 Å². The molecule has 2 aromatic carbocycles. The SMILES string of the molecule is Cc1ccccc1N(c1ccccc1C)C1CCC(NC2CCCCCCC2)CC1. The highest BCUT2D eigenvalue weighted by Gasteiger charge is 2.29. The lowest BCUT2D eigenvalue weighted by molar-refractivity contribution is 0.286. The summed E-state index contributed by atoms with van der Waals surface area (Å²) in [5.74, 6) is 0. The number of nitrogens with one attached hydrogen (secondary N) is 1. The molecule has 0 saturated heterocycles. The lowest BCUT2D eigenvalue weighted by atomic mass is 9.87. The first-order valence-corrected chi connectivity index (χ1v) is 12.4. The van der Waals surface area contributed by atoms with Gasteiger partial charge >= 0.3 is 0 Å². The normalized spacial score (nSPS) is 23.5. The van der Waals surface area contributed by atoms with Crippen LogP contribution < -0.4 is 10.2 Å². The van der Waals surface area contributed by atoms with Crippen molar-refractivity contribution in [2.45, 2.75) is 103 Å². The van der Waals surface area contributed by atoms with Crippen molar-refractivity contribution in [1.29, 1.82) is 0 Å². The number of benzene rings is 2. The highest BCUT2D eigenvalue weighted by atomic mass is 15.2. The minimum absolute atomic E-state index is 0.586. The molecule has 0 bridgehead atoms. The van der Waals surface area contributed by atoms with E-state index in [4.69, 9.17) is 0 Å². The van der Waals surface area contributed by atoms with E-state index in [1.807, 2.05) is 0 Å². The number of aryl methyl sites for hydroxylation is 2. The van der Waals surface area contributed by atoms with Gasteiger partial charge in [0.1, 0.15) is 0 Å². The molecule has 2 heteroatoms. The summed E-state index contributed by atoms with van der Waals surface area (Å²) in [6.45, 7) is 4.50. The van der Waals surface area contributed by atoms with Gasteiger partial charge in [-0.2, -0.15) is 0 Å². The van der Waals surface area contributed by atoms with Crippen LogP contribution in [0.2, 0.25) is 0 Å². The van der Waals surface area contributed by atoms with Gasteiger partial charge < -0.3 is 10.2 Å². The molecular weight excluding hydrogens is 364 g/mol. The van der Waals surface area contributed by atoms with Crippen molar-refractivity contribution in [3.63, 3.8) is 0 Å². The van der Waals surface area contributed by atoms with Crippen molar-refractivity contribution in [1.82, 2.24) is 5.32 Å². The van der Waals surface area contributed by atoms with Crippen LogP contribution in [0.1, 0.15) is 81.8 Å². The number of para-hydroxylation sites is 2. The standard InChI is InChI=1S/C28H40N2/c1-22-12-8-10-16-27(22)30(28-17-11-9-13-23(28)2)26-20-18-25(19-21-26)29-24-14-6-4-3-5-7-15-24/h8-13,16-17,24-26,29H,3-7,14-15,18-21H2,1-2H3. The molecular formula is C28H40N2. The summed E-state index contributed by atoms with van der Waals surface area (Å²) < 4.78 is 0. The fourth-order valence-corrected chi connectivity index (χ4v) is 5.65. The van der Waals surface area contributed by atoms with Crippen LogP contribution in [0, 0.1) is 13.8 Å². The predicted molar refractivity (Wildman–Crippen MR) is 130 cm³/mol. The molecule has 0 heterocycles. The van der Waals surface area contributed by atoms with Crippen molar-refractivity contribution < 1.29 is 0 Å². The number of nitrogens with zero attached hydrogens (tertiary/aromatic N) is 1. The van der Waals surface area contributed by atoms with Gasteiger partial charge in [0.05, 0.1) is 0 Å². The zero-order valence-corrected chi connectivity index (χ0v) is 19.1. The summed E-state index contributed by atoms with van der Waals surface area (Å²) in [5, 5.41) is 4.07. The molecule has 162 valence electrons. The summed E-state index contributed by atoms with van der Waals surface area (Å²) in [6.07, 6.45) is 15.1. The summed E-state index contributed by atoms with van der Waals surface area (Å²) in [4.78, 5) is 2.65. The van der Waals surface area contributed by atoms with E-state index in [2.05, 4.69) is 72.6 Å². The van der Waals surface area contributed by atoms with Crippen molar-refractivity contribution in [3.8, 4) is 0 Å². The molecule has 2 aliphatic carbocycles. The van der Waals surface area contributed by atoms with Crippen molar-refractivity contribution in [2.75, 3.05) is 4.90 Å². The van der Waals surface area contributed by atoms with E-state index in [1.165, 1.54) is 93.1 Å². The van der Waals surface area contributed by atoms with E-state index < -0.39 is 0 Å². The summed E-state index contributed by atoms with van der Waals surface area (Å²) in [6, 6.07) is 19.9. The lowest BCUT2D eigenvalue weighted by Crippen LogP contribution is -2.44. The molecule has 2 aliphatic rings. The number of rotatable bonds is 5. The number of hydrogen-bond donors (Lipinski definition) is 1. The fraction of sp³-hybridized carbons (Fsp3) is 0.571. The van der Waals surface area contributed by atoms with Gasteiger partial charge in [0.25, 0.3) is 0 Å². The molecule has 30 heavy (non-hydrogen) atoms. The van der Waals surface area contributed by atoms with Crippen LogP contribution in [0.25, 0.3) is 0 Å². The Morgan fingerprint density at radius 2 is 1.07 bits per heavy atom. The van der Waals surface area contributed by atoms with Crippen LogP contribution in [0.5, 0.6) is 0 Å². The zero-order valence-electron chi connectivity index (χ0n) is 19.1. The van der Waals surface area contributed by atoms with Crippen LogP contribution in [0.15, 0.2) is 48.5 Å². The van der Waals surface area contributed by atoms with E-state index in [1.54, 1.807) is 0 Å². The van der Waals surface area contributed by atoms with Crippen molar-refractivity contribution >= 4 is 11.4 Å². The third-order valence-electron chi connectivity index (χ3n) is 7.39. The van der Waals surface area contributed by atoms with Crippen molar-refractivity contribution in [3.05, 3.63) is 59.7 Å². The molecule has 0 unspecified atom stereocenters. The Labute approximate surface area is 184 Å². The molecule has 2 fully saturated rings. The van der Waals surface area contributed by atoms with Gasteiger partial charge in [-0.15, -0.1) is 0 Å². The predicted octanol–water partition coefficient (Wildman–Crippen LogP) is 7.46. The highest BCUT2D eigenvalue weighted by molar-refractivity contribution is 5.69. The van der Waals surface area contributed by atoms with Gasteiger partial charge in [0.2, 0.25) is 0 Å².